The molecule has 2 N–H and O–H groups in total. The molecule has 2 fully saturated rings. The van der Waals surface area contributed by atoms with E-state index < -0.39 is 0 Å². The van der Waals surface area contributed by atoms with E-state index in [1.54, 1.807) is 0 Å². The molecule has 3 rings (SSSR count). The van der Waals surface area contributed by atoms with Gasteiger partial charge in [-0.15, -0.1) is 0 Å². The van der Waals surface area contributed by atoms with Crippen LogP contribution in [0.1, 0.15) is 18.4 Å². The molecule has 2 aliphatic heterocycles. The van der Waals surface area contributed by atoms with Gasteiger partial charge in [-0.3, -0.25) is 0 Å². The fourth-order valence-corrected chi connectivity index (χ4v) is 3.68. The lowest BCUT2D eigenvalue weighted by atomic mass is 9.73. The normalized spacial score (nSPS) is 22.0. The second-order valence-electron chi connectivity index (χ2n) is 5.63. The van der Waals surface area contributed by atoms with Gasteiger partial charge in [0.15, 0.2) is 0 Å². The maximum absolute atomic E-state index is 6.01. The summed E-state index contributed by atoms with van der Waals surface area (Å²) in [6, 6.07) is 4.20. The largest absolute Gasteiger partial charge is 0.398 e. The summed E-state index contributed by atoms with van der Waals surface area (Å²) in [6.07, 6.45) is 2.39. The van der Waals surface area contributed by atoms with Gasteiger partial charge in [-0.05, 0) is 53.4 Å². The Morgan fingerprint density at radius 3 is 2.61 bits per heavy atom. The molecule has 2 aliphatic rings. The highest BCUT2D eigenvalue weighted by molar-refractivity contribution is 9.10. The SMILES string of the molecule is Cc1cc(Br)c(N2CC3(CCOCC3)C2)cc1N. The van der Waals surface area contributed by atoms with Crippen molar-refractivity contribution in [3.63, 3.8) is 0 Å². The van der Waals surface area contributed by atoms with Crippen LogP contribution in [0.4, 0.5) is 11.4 Å². The number of nitrogen functional groups attached to an aromatic ring is 1. The number of aryl methyl sites for hydroxylation is 1. The molecule has 0 bridgehead atoms. The van der Waals surface area contributed by atoms with Gasteiger partial charge in [0.05, 0.1) is 5.69 Å². The lowest BCUT2D eigenvalue weighted by molar-refractivity contribution is -0.000230. The number of anilines is 2. The third-order valence-electron chi connectivity index (χ3n) is 4.28. The number of nitrogens with two attached hydrogens (primary N) is 1. The Balaban J connectivity index is 1.76. The summed E-state index contributed by atoms with van der Waals surface area (Å²) in [5.41, 5.74) is 9.75. The van der Waals surface area contributed by atoms with Crippen LogP contribution >= 0.6 is 15.9 Å². The van der Waals surface area contributed by atoms with E-state index in [4.69, 9.17) is 10.5 Å². The quantitative estimate of drug-likeness (QED) is 0.811. The maximum Gasteiger partial charge on any atom is 0.0531 e. The number of ether oxygens (including phenoxy) is 1. The van der Waals surface area contributed by atoms with Crippen molar-refractivity contribution in [2.45, 2.75) is 19.8 Å². The van der Waals surface area contributed by atoms with Gasteiger partial charge in [-0.2, -0.15) is 0 Å². The molecular formula is C14H19BrN2O. The predicted molar refractivity (Wildman–Crippen MR) is 78.0 cm³/mol. The molecule has 1 spiro atoms. The van der Waals surface area contributed by atoms with Crippen molar-refractivity contribution >= 4 is 27.3 Å². The lowest BCUT2D eigenvalue weighted by Gasteiger charge is -2.53. The Morgan fingerprint density at radius 2 is 1.94 bits per heavy atom. The fraction of sp³-hybridized carbons (Fsp3) is 0.571. The van der Waals surface area contributed by atoms with Crippen molar-refractivity contribution in [2.24, 2.45) is 5.41 Å². The number of halogens is 1. The van der Waals surface area contributed by atoms with Gasteiger partial charge in [0.25, 0.3) is 0 Å². The summed E-state index contributed by atoms with van der Waals surface area (Å²) in [5.74, 6) is 0. The Hall–Kier alpha value is -0.740. The van der Waals surface area contributed by atoms with E-state index in [9.17, 15) is 0 Å². The third kappa shape index (κ3) is 2.01. The van der Waals surface area contributed by atoms with Crippen LogP contribution in [0.2, 0.25) is 0 Å². The zero-order valence-corrected chi connectivity index (χ0v) is 12.3. The van der Waals surface area contributed by atoms with Crippen LogP contribution < -0.4 is 10.6 Å². The Morgan fingerprint density at radius 1 is 1.28 bits per heavy atom. The van der Waals surface area contributed by atoms with Crippen LogP contribution in [-0.2, 0) is 4.74 Å². The van der Waals surface area contributed by atoms with Crippen molar-refractivity contribution in [1.29, 1.82) is 0 Å². The van der Waals surface area contributed by atoms with Gasteiger partial charge < -0.3 is 15.4 Å². The first-order valence-corrected chi connectivity index (χ1v) is 7.27. The van der Waals surface area contributed by atoms with Crippen LogP contribution in [0.5, 0.6) is 0 Å². The molecule has 0 aromatic heterocycles. The van der Waals surface area contributed by atoms with E-state index in [1.165, 1.54) is 18.5 Å². The Bertz CT molecular complexity index is 461. The monoisotopic (exact) mass is 310 g/mol. The van der Waals surface area contributed by atoms with E-state index in [0.29, 0.717) is 5.41 Å². The topological polar surface area (TPSA) is 38.5 Å². The smallest absolute Gasteiger partial charge is 0.0531 e. The van der Waals surface area contributed by atoms with Gasteiger partial charge in [-0.1, -0.05) is 0 Å². The number of rotatable bonds is 1. The van der Waals surface area contributed by atoms with E-state index in [-0.39, 0.29) is 0 Å². The minimum absolute atomic E-state index is 0.497. The average molecular weight is 311 g/mol. The van der Waals surface area contributed by atoms with E-state index >= 15 is 0 Å². The standard InChI is InChI=1S/C14H19BrN2O/c1-10-6-11(15)13(7-12(10)16)17-8-14(9-17)2-4-18-5-3-14/h6-7H,2-5,8-9,16H2,1H3. The Labute approximate surface area is 116 Å². The molecule has 18 heavy (non-hydrogen) atoms. The molecule has 2 saturated heterocycles. The highest BCUT2D eigenvalue weighted by Gasteiger charge is 2.44. The lowest BCUT2D eigenvalue weighted by Crippen LogP contribution is -2.58. The highest BCUT2D eigenvalue weighted by atomic mass is 79.9. The molecule has 0 atom stereocenters. The molecule has 4 heteroatoms. The zero-order chi connectivity index (χ0) is 12.8. The van der Waals surface area contributed by atoms with Crippen LogP contribution in [0.15, 0.2) is 16.6 Å². The summed E-state index contributed by atoms with van der Waals surface area (Å²) in [5, 5.41) is 0. The molecule has 0 saturated carbocycles. The zero-order valence-electron chi connectivity index (χ0n) is 10.7. The highest BCUT2D eigenvalue weighted by Crippen LogP contribution is 2.44. The first kappa shape index (κ1) is 12.3. The second-order valence-corrected chi connectivity index (χ2v) is 6.48. The van der Waals surface area contributed by atoms with Gasteiger partial charge in [-0.25, -0.2) is 0 Å². The van der Waals surface area contributed by atoms with Gasteiger partial charge in [0.2, 0.25) is 0 Å². The van der Waals surface area contributed by atoms with Crippen LogP contribution in [-0.4, -0.2) is 26.3 Å². The average Bonchev–Trinajstić information content (AvgIpc) is 2.32. The molecular weight excluding hydrogens is 292 g/mol. The van der Waals surface area contributed by atoms with Crippen molar-refractivity contribution in [2.75, 3.05) is 36.9 Å². The van der Waals surface area contributed by atoms with Gasteiger partial charge in [0, 0.05) is 41.9 Å². The number of nitrogens with zero attached hydrogens (tertiary/aromatic N) is 1. The van der Waals surface area contributed by atoms with E-state index in [1.807, 2.05) is 6.92 Å². The number of hydrogen-bond donors (Lipinski definition) is 1. The number of hydrogen-bond acceptors (Lipinski definition) is 3. The number of benzene rings is 1. The van der Waals surface area contributed by atoms with Gasteiger partial charge in [0.1, 0.15) is 0 Å². The van der Waals surface area contributed by atoms with Crippen molar-refractivity contribution in [3.8, 4) is 0 Å². The van der Waals surface area contributed by atoms with Crippen LogP contribution in [0, 0.1) is 12.3 Å². The minimum Gasteiger partial charge on any atom is -0.398 e. The molecule has 1 aromatic carbocycles. The molecule has 0 aliphatic carbocycles. The minimum atomic E-state index is 0.497. The molecule has 0 amide bonds. The Kier molecular flexibility index (Phi) is 3.02. The summed E-state index contributed by atoms with van der Waals surface area (Å²) in [7, 11) is 0. The summed E-state index contributed by atoms with van der Waals surface area (Å²) >= 11 is 3.65. The summed E-state index contributed by atoms with van der Waals surface area (Å²) in [6.45, 7) is 6.16. The van der Waals surface area contributed by atoms with Crippen molar-refractivity contribution < 1.29 is 4.74 Å². The van der Waals surface area contributed by atoms with E-state index in [0.717, 1.165) is 42.0 Å². The first-order valence-electron chi connectivity index (χ1n) is 6.48. The van der Waals surface area contributed by atoms with Crippen molar-refractivity contribution in [1.82, 2.24) is 0 Å². The van der Waals surface area contributed by atoms with Gasteiger partial charge >= 0.3 is 0 Å². The fourth-order valence-electron chi connectivity index (χ4n) is 2.97. The van der Waals surface area contributed by atoms with Crippen molar-refractivity contribution in [3.05, 3.63) is 22.2 Å². The molecule has 0 unspecified atom stereocenters. The molecule has 98 valence electrons. The first-order chi connectivity index (χ1) is 8.60. The molecule has 0 radical (unpaired) electrons. The van der Waals surface area contributed by atoms with Crippen LogP contribution in [0.3, 0.4) is 0 Å². The second kappa shape index (κ2) is 4.42. The molecule has 2 heterocycles. The summed E-state index contributed by atoms with van der Waals surface area (Å²) < 4.78 is 6.60. The maximum atomic E-state index is 6.01. The summed E-state index contributed by atoms with van der Waals surface area (Å²) in [4.78, 5) is 2.42. The molecule has 1 aromatic rings. The molecule has 3 nitrogen and oxygen atoms in total. The third-order valence-corrected chi connectivity index (χ3v) is 4.92. The van der Waals surface area contributed by atoms with Crippen LogP contribution in [0.25, 0.3) is 0 Å². The predicted octanol–water partition coefficient (Wildman–Crippen LogP) is 2.96. The van der Waals surface area contributed by atoms with E-state index in [2.05, 4.69) is 33.0 Å².